The highest BCUT2D eigenvalue weighted by atomic mass is 32.1. The first-order chi connectivity index (χ1) is 12.4. The molecule has 2 aliphatic heterocycles. The molecule has 138 valence electrons. The van der Waals surface area contributed by atoms with Gasteiger partial charge in [0, 0.05) is 18.0 Å². The fourth-order valence-corrected chi connectivity index (χ4v) is 6.20. The lowest BCUT2D eigenvalue weighted by molar-refractivity contribution is -0.148. The fourth-order valence-electron chi connectivity index (χ4n) is 6.12. The van der Waals surface area contributed by atoms with E-state index in [-0.39, 0.29) is 29.2 Å². The first-order valence-electron chi connectivity index (χ1n) is 9.11. The Morgan fingerprint density at radius 3 is 3.04 bits per heavy atom. The molecule has 2 aliphatic carbocycles. The van der Waals surface area contributed by atoms with Crippen LogP contribution < -0.4 is 10.1 Å². The van der Waals surface area contributed by atoms with Crippen LogP contribution in [0.4, 0.5) is 0 Å². The molecule has 2 heterocycles. The molecular formula is C19H22N2O4S. The minimum Gasteiger partial charge on any atom is -0.504 e. The molecule has 0 radical (unpaired) electrons. The number of aromatic hydroxyl groups is 1. The van der Waals surface area contributed by atoms with Crippen molar-refractivity contribution in [1.82, 2.24) is 10.2 Å². The highest BCUT2D eigenvalue weighted by Gasteiger charge is 2.73. The monoisotopic (exact) mass is 374 g/mol. The van der Waals surface area contributed by atoms with Crippen LogP contribution in [-0.2, 0) is 21.4 Å². The van der Waals surface area contributed by atoms with E-state index in [1.54, 1.807) is 6.07 Å². The van der Waals surface area contributed by atoms with E-state index in [9.17, 15) is 14.7 Å². The average Bonchev–Trinajstić information content (AvgIpc) is 2.99. The van der Waals surface area contributed by atoms with Crippen LogP contribution in [0.5, 0.6) is 11.5 Å². The van der Waals surface area contributed by atoms with Crippen molar-refractivity contribution in [3.8, 4) is 11.5 Å². The van der Waals surface area contributed by atoms with Crippen LogP contribution >= 0.6 is 12.6 Å². The Hall–Kier alpha value is -1.73. The van der Waals surface area contributed by atoms with Crippen molar-refractivity contribution in [2.75, 3.05) is 19.3 Å². The molecule has 6 nitrogen and oxygen atoms in total. The number of piperidine rings is 1. The van der Waals surface area contributed by atoms with Gasteiger partial charge in [0.2, 0.25) is 5.91 Å². The molecule has 1 saturated carbocycles. The van der Waals surface area contributed by atoms with E-state index in [4.69, 9.17) is 4.74 Å². The van der Waals surface area contributed by atoms with Crippen molar-refractivity contribution < 1.29 is 19.4 Å². The number of likely N-dealkylation sites (N-methyl/N-ethyl adjacent to an activating group) is 1. The van der Waals surface area contributed by atoms with Gasteiger partial charge in [-0.25, -0.2) is 0 Å². The third kappa shape index (κ3) is 1.69. The zero-order chi connectivity index (χ0) is 18.3. The van der Waals surface area contributed by atoms with E-state index in [0.717, 1.165) is 24.1 Å². The number of amides is 1. The number of hydrogen-bond acceptors (Lipinski definition) is 6. The number of likely N-dealkylation sites (tertiary alicyclic amines) is 1. The maximum atomic E-state index is 12.9. The van der Waals surface area contributed by atoms with E-state index in [1.165, 1.54) is 0 Å². The standard InChI is InChI=1S/C19H22N2O4S/c1-21-7-6-18-15-10-2-3-11(22)16(15)25-17(18)12(23)4-5-19(18,13(21)8-10)20-14(24)9-26/h2-3,13,17,22,26H,4-9H2,1H3,(H,20,24)/t13-,17+,18?,19-/m1/s1. The number of nitrogens with zero attached hydrogens (tertiary/aromatic N) is 1. The number of ketones is 1. The minimum absolute atomic E-state index is 0.0625. The third-order valence-electron chi connectivity index (χ3n) is 7.09. The van der Waals surface area contributed by atoms with Crippen molar-refractivity contribution in [2.24, 2.45) is 0 Å². The van der Waals surface area contributed by atoms with E-state index in [0.29, 0.717) is 25.0 Å². The molecule has 2 N–H and O–H groups in total. The van der Waals surface area contributed by atoms with Crippen LogP contribution in [-0.4, -0.2) is 58.7 Å². The minimum atomic E-state index is -0.644. The van der Waals surface area contributed by atoms with Crippen LogP contribution in [0.25, 0.3) is 0 Å². The Balaban J connectivity index is 1.82. The molecule has 5 rings (SSSR count). The quantitative estimate of drug-likeness (QED) is 0.668. The van der Waals surface area contributed by atoms with Crippen LogP contribution in [0.2, 0.25) is 0 Å². The van der Waals surface area contributed by atoms with Gasteiger partial charge in [-0.1, -0.05) is 6.07 Å². The summed E-state index contributed by atoms with van der Waals surface area (Å²) in [6.07, 6.45) is 1.79. The van der Waals surface area contributed by atoms with Crippen LogP contribution in [0, 0.1) is 0 Å². The molecule has 7 heteroatoms. The van der Waals surface area contributed by atoms with Gasteiger partial charge in [0.05, 0.1) is 16.7 Å². The molecule has 1 saturated heterocycles. The maximum Gasteiger partial charge on any atom is 0.230 e. The third-order valence-corrected chi connectivity index (χ3v) is 7.37. The molecular weight excluding hydrogens is 352 g/mol. The molecule has 2 bridgehead atoms. The van der Waals surface area contributed by atoms with Crippen LogP contribution in [0.3, 0.4) is 0 Å². The number of carbonyl (C=O) groups is 2. The predicted molar refractivity (Wildman–Crippen MR) is 97.9 cm³/mol. The first-order valence-corrected chi connectivity index (χ1v) is 9.74. The molecule has 1 unspecified atom stereocenters. The molecule has 26 heavy (non-hydrogen) atoms. The predicted octanol–water partition coefficient (Wildman–Crippen LogP) is 0.799. The Kier molecular flexibility index (Phi) is 3.27. The second-order valence-corrected chi connectivity index (χ2v) is 8.33. The number of ether oxygens (including phenoxy) is 1. The summed E-state index contributed by atoms with van der Waals surface area (Å²) in [4.78, 5) is 27.6. The first kappa shape index (κ1) is 16.4. The zero-order valence-electron chi connectivity index (χ0n) is 14.6. The number of thiol groups is 1. The summed E-state index contributed by atoms with van der Waals surface area (Å²) in [5.41, 5.74) is 0.867. The van der Waals surface area contributed by atoms with Crippen molar-refractivity contribution in [2.45, 2.75) is 48.8 Å². The molecule has 1 spiro atoms. The molecule has 1 aromatic rings. The largest absolute Gasteiger partial charge is 0.504 e. The van der Waals surface area contributed by atoms with Crippen LogP contribution in [0.1, 0.15) is 30.4 Å². The SMILES string of the molecule is CN1CCC23c4c5ccc(O)c4O[C@H]2C(=O)CC[C@@]3(NC(=O)CS)[C@H]1C5. The number of nitrogens with one attached hydrogen (secondary N) is 1. The Bertz CT molecular complexity index is 843. The molecule has 1 amide bonds. The number of hydrogen-bond donors (Lipinski definition) is 3. The normalized spacial score (nSPS) is 37.1. The summed E-state index contributed by atoms with van der Waals surface area (Å²) < 4.78 is 6.11. The Labute approximate surface area is 157 Å². The number of phenolic OH excluding ortho intramolecular Hbond substituents is 1. The van der Waals surface area contributed by atoms with Gasteiger partial charge in [-0.15, -0.1) is 0 Å². The Morgan fingerprint density at radius 2 is 2.27 bits per heavy atom. The van der Waals surface area contributed by atoms with Crippen molar-refractivity contribution >= 4 is 24.3 Å². The van der Waals surface area contributed by atoms with Crippen molar-refractivity contribution in [1.29, 1.82) is 0 Å². The molecule has 4 atom stereocenters. The van der Waals surface area contributed by atoms with Gasteiger partial charge < -0.3 is 20.1 Å². The summed E-state index contributed by atoms with van der Waals surface area (Å²) in [6.45, 7) is 0.824. The molecule has 2 fully saturated rings. The number of rotatable bonds is 2. The number of carbonyl (C=O) groups excluding carboxylic acids is 2. The summed E-state index contributed by atoms with van der Waals surface area (Å²) in [7, 11) is 2.08. The number of Topliss-reactive ketones (excluding diaryl/α,β-unsaturated/α-hetero) is 1. The molecule has 4 aliphatic rings. The maximum absolute atomic E-state index is 12.9. The lowest BCUT2D eigenvalue weighted by Crippen LogP contribution is -2.81. The van der Waals surface area contributed by atoms with E-state index >= 15 is 0 Å². The van der Waals surface area contributed by atoms with Gasteiger partial charge in [-0.05, 0) is 44.5 Å². The smallest absolute Gasteiger partial charge is 0.230 e. The van der Waals surface area contributed by atoms with Gasteiger partial charge in [-0.2, -0.15) is 12.6 Å². The van der Waals surface area contributed by atoms with Gasteiger partial charge in [-0.3, -0.25) is 9.59 Å². The highest BCUT2D eigenvalue weighted by Crippen LogP contribution is 2.64. The number of benzene rings is 1. The Morgan fingerprint density at radius 1 is 1.46 bits per heavy atom. The second kappa shape index (κ2) is 5.16. The summed E-state index contributed by atoms with van der Waals surface area (Å²) >= 11 is 4.16. The van der Waals surface area contributed by atoms with E-state index in [1.807, 2.05) is 6.07 Å². The summed E-state index contributed by atoms with van der Waals surface area (Å²) in [5.74, 6) is 0.557. The zero-order valence-corrected chi connectivity index (χ0v) is 15.5. The average molecular weight is 374 g/mol. The van der Waals surface area contributed by atoms with E-state index in [2.05, 4.69) is 29.9 Å². The fraction of sp³-hybridized carbons (Fsp3) is 0.579. The topological polar surface area (TPSA) is 78.9 Å². The van der Waals surface area contributed by atoms with Gasteiger partial charge in [0.15, 0.2) is 23.4 Å². The summed E-state index contributed by atoms with van der Waals surface area (Å²) in [5, 5.41) is 13.7. The van der Waals surface area contributed by atoms with Gasteiger partial charge >= 0.3 is 0 Å². The number of phenols is 1. The molecule has 1 aromatic carbocycles. The molecule has 0 aromatic heterocycles. The van der Waals surface area contributed by atoms with Gasteiger partial charge in [0.1, 0.15) is 0 Å². The summed E-state index contributed by atoms with van der Waals surface area (Å²) in [6, 6.07) is 3.68. The highest BCUT2D eigenvalue weighted by molar-refractivity contribution is 7.81. The lowest BCUT2D eigenvalue weighted by atomic mass is 9.47. The van der Waals surface area contributed by atoms with Crippen molar-refractivity contribution in [3.05, 3.63) is 23.3 Å². The van der Waals surface area contributed by atoms with Gasteiger partial charge in [0.25, 0.3) is 0 Å². The lowest BCUT2D eigenvalue weighted by Gasteiger charge is -2.64. The van der Waals surface area contributed by atoms with Crippen molar-refractivity contribution in [3.63, 3.8) is 0 Å². The van der Waals surface area contributed by atoms with Crippen LogP contribution in [0.15, 0.2) is 12.1 Å². The second-order valence-electron chi connectivity index (χ2n) is 8.01. The van der Waals surface area contributed by atoms with E-state index < -0.39 is 17.1 Å².